The summed E-state index contributed by atoms with van der Waals surface area (Å²) in [6.07, 6.45) is 0. The Bertz CT molecular complexity index is 38.5. The van der Waals surface area contributed by atoms with Crippen molar-refractivity contribution in [3.8, 4) is 0 Å². The van der Waals surface area contributed by atoms with Crippen molar-refractivity contribution in [2.75, 3.05) is 0 Å². The van der Waals surface area contributed by atoms with Gasteiger partial charge >= 0.3 is 0 Å². The molecule has 2 N–H and O–H groups in total. The molecule has 3 heteroatoms. The molecule has 37 valence electrons. The van der Waals surface area contributed by atoms with Crippen molar-refractivity contribution in [2.45, 2.75) is 19.6 Å². The van der Waals surface area contributed by atoms with E-state index in [2.05, 4.69) is 0 Å². The molecule has 0 spiro atoms. The third kappa shape index (κ3) is 3.88. The van der Waals surface area contributed by atoms with E-state index in [1.54, 1.807) is 0 Å². The molecule has 0 aromatic carbocycles. The van der Waals surface area contributed by atoms with Crippen LogP contribution in [0.2, 0.25) is 0 Å². The van der Waals surface area contributed by atoms with Crippen LogP contribution in [0, 0.1) is 0 Å². The van der Waals surface area contributed by atoms with Gasteiger partial charge in [-0.25, -0.2) is 0 Å². The molecule has 0 aliphatic rings. The maximum absolute atomic E-state index is 9.45. The Balaban J connectivity index is 3.17. The van der Waals surface area contributed by atoms with Crippen LogP contribution in [0.4, 0.5) is 0 Å². The average Bonchev–Trinajstić information content (AvgIpc) is 1.35. The van der Waals surface area contributed by atoms with Crippen molar-refractivity contribution in [3.05, 3.63) is 0 Å². The Hall–Kier alpha value is -0.120. The lowest BCUT2D eigenvalue weighted by atomic mass is 10.3. The highest BCUT2D eigenvalue weighted by Crippen LogP contribution is 1.89. The molecule has 0 aromatic rings. The average molecular weight is 90.1 g/mol. The van der Waals surface area contributed by atoms with Gasteiger partial charge in [-0.05, 0) is 13.8 Å². The van der Waals surface area contributed by atoms with Crippen molar-refractivity contribution in [1.29, 1.82) is 0 Å². The van der Waals surface area contributed by atoms with Gasteiger partial charge in [0.05, 0.1) is 0 Å². The minimum Gasteiger partial charge on any atom is -0.374 e. The van der Waals surface area contributed by atoms with Crippen LogP contribution in [0.25, 0.3) is 0 Å². The van der Waals surface area contributed by atoms with Gasteiger partial charge in [0.25, 0.3) is 0 Å². The van der Waals surface area contributed by atoms with E-state index in [0.29, 0.717) is 0 Å². The van der Waals surface area contributed by atoms with Crippen LogP contribution in [0.3, 0.4) is 0 Å². The van der Waals surface area contributed by atoms with E-state index in [-0.39, 0.29) is 0 Å². The molecule has 0 aliphatic heterocycles. The topological polar surface area (TPSA) is 52.2 Å². The fraction of sp³-hybridized carbons (Fsp3) is 1.00. The minimum atomic E-state index is -1.26. The van der Waals surface area contributed by atoms with E-state index < -0.39 is 5.72 Å². The summed E-state index contributed by atoms with van der Waals surface area (Å²) in [6.45, 7) is 2.75. The molecule has 0 aliphatic carbocycles. The van der Waals surface area contributed by atoms with Gasteiger partial charge in [-0.3, -0.25) is 0 Å². The Morgan fingerprint density at radius 2 is 1.83 bits per heavy atom. The second kappa shape index (κ2) is 1.55. The normalized spacial score (nSPS) is 12.0. The zero-order valence-electron chi connectivity index (χ0n) is 3.86. The maximum Gasteiger partial charge on any atom is 0.135 e. The fourth-order valence-electron chi connectivity index (χ4n) is 0. The lowest BCUT2D eigenvalue weighted by molar-refractivity contribution is -0.103. The van der Waals surface area contributed by atoms with E-state index in [1.165, 1.54) is 19.3 Å². The van der Waals surface area contributed by atoms with Gasteiger partial charge in [0.15, 0.2) is 0 Å². The number of hydrogen-bond donors (Lipinski definition) is 2. The van der Waals surface area contributed by atoms with Gasteiger partial charge in [0.1, 0.15) is 5.72 Å². The van der Waals surface area contributed by atoms with Gasteiger partial charge in [0.2, 0.25) is 0 Å². The maximum atomic E-state index is 9.45. The molecule has 0 aromatic heterocycles. The van der Waals surface area contributed by atoms with E-state index in [0.717, 1.165) is 0 Å². The highest BCUT2D eigenvalue weighted by molar-refractivity contribution is 4.50. The second-order valence-electron chi connectivity index (χ2n) is 1.66. The Labute approximate surface area is 36.6 Å². The van der Waals surface area contributed by atoms with Crippen LogP contribution in [0.1, 0.15) is 13.8 Å². The van der Waals surface area contributed by atoms with E-state index >= 15 is 0 Å². The first-order chi connectivity index (χ1) is 2.56. The molecule has 0 rings (SSSR count). The standard InChI is InChI=1S/C3H8NO2/c1-3(2,5)4-6/h4-5H,1-2H3. The fourth-order valence-corrected chi connectivity index (χ4v) is 0. The Kier molecular flexibility index (Phi) is 1.52. The third-order valence-corrected chi connectivity index (χ3v) is 0.250. The number of hydroxylamine groups is 1. The van der Waals surface area contributed by atoms with Crippen molar-refractivity contribution in [2.24, 2.45) is 0 Å². The quantitative estimate of drug-likeness (QED) is 0.341. The highest BCUT2D eigenvalue weighted by atomic mass is 16.5. The number of hydrogen-bond acceptors (Lipinski definition) is 2. The summed E-state index contributed by atoms with van der Waals surface area (Å²) in [6, 6.07) is 0. The lowest BCUT2D eigenvalue weighted by Crippen LogP contribution is -2.34. The summed E-state index contributed by atoms with van der Waals surface area (Å²) in [7, 11) is 0. The van der Waals surface area contributed by atoms with Crippen molar-refractivity contribution >= 4 is 0 Å². The largest absolute Gasteiger partial charge is 0.374 e. The zero-order valence-corrected chi connectivity index (χ0v) is 3.86. The van der Waals surface area contributed by atoms with Crippen molar-refractivity contribution in [3.63, 3.8) is 0 Å². The van der Waals surface area contributed by atoms with Gasteiger partial charge in [-0.1, -0.05) is 0 Å². The van der Waals surface area contributed by atoms with Crippen molar-refractivity contribution in [1.82, 2.24) is 5.48 Å². The van der Waals surface area contributed by atoms with Crippen LogP contribution < -0.4 is 5.48 Å². The molecule has 0 unspecified atom stereocenters. The number of aliphatic hydroxyl groups is 1. The molecular formula is C3H8NO2. The molecule has 3 nitrogen and oxygen atoms in total. The first-order valence-corrected chi connectivity index (χ1v) is 1.68. The summed E-state index contributed by atoms with van der Waals surface area (Å²) in [5.41, 5.74) is 0.146. The number of rotatable bonds is 1. The zero-order chi connectivity index (χ0) is 5.21. The van der Waals surface area contributed by atoms with Crippen LogP contribution in [0.5, 0.6) is 0 Å². The van der Waals surface area contributed by atoms with Gasteiger partial charge in [0, 0.05) is 0 Å². The minimum absolute atomic E-state index is 1.26. The number of nitrogens with one attached hydrogen (secondary N) is 1. The van der Waals surface area contributed by atoms with Crippen molar-refractivity contribution < 1.29 is 10.3 Å². The predicted molar refractivity (Wildman–Crippen MR) is 20.1 cm³/mol. The first kappa shape index (κ1) is 5.88. The third-order valence-electron chi connectivity index (χ3n) is 0.250. The van der Waals surface area contributed by atoms with Crippen LogP contribution in [0.15, 0.2) is 0 Å². The Morgan fingerprint density at radius 3 is 1.83 bits per heavy atom. The first-order valence-electron chi connectivity index (χ1n) is 1.68. The van der Waals surface area contributed by atoms with E-state index in [9.17, 15) is 5.21 Å². The molecule has 0 bridgehead atoms. The van der Waals surface area contributed by atoms with E-state index in [4.69, 9.17) is 5.11 Å². The molecule has 0 saturated carbocycles. The summed E-state index contributed by atoms with van der Waals surface area (Å²) in [5, 5.41) is 17.9. The predicted octanol–water partition coefficient (Wildman–Crippen LogP) is -0.350. The van der Waals surface area contributed by atoms with Crippen LogP contribution >= 0.6 is 0 Å². The SMILES string of the molecule is CC(C)(O)N[O]. The van der Waals surface area contributed by atoms with Gasteiger partial charge < -0.3 is 5.11 Å². The monoisotopic (exact) mass is 90.1 g/mol. The summed E-state index contributed by atoms with van der Waals surface area (Å²) in [5.74, 6) is 0. The molecular weight excluding hydrogens is 82.0 g/mol. The van der Waals surface area contributed by atoms with Crippen LogP contribution in [-0.2, 0) is 5.21 Å². The molecule has 0 amide bonds. The Morgan fingerprint density at radius 1 is 1.67 bits per heavy atom. The summed E-state index contributed by atoms with van der Waals surface area (Å²) >= 11 is 0. The molecule has 6 heavy (non-hydrogen) atoms. The summed E-state index contributed by atoms with van der Waals surface area (Å²) < 4.78 is 0. The highest BCUT2D eigenvalue weighted by Gasteiger charge is 2.07. The van der Waals surface area contributed by atoms with Gasteiger partial charge in [-0.2, -0.15) is 0 Å². The second-order valence-corrected chi connectivity index (χ2v) is 1.66. The smallest absolute Gasteiger partial charge is 0.135 e. The molecule has 0 saturated heterocycles. The molecule has 0 atom stereocenters. The molecule has 0 fully saturated rings. The van der Waals surface area contributed by atoms with E-state index in [1.807, 2.05) is 0 Å². The van der Waals surface area contributed by atoms with Gasteiger partial charge in [-0.15, -0.1) is 10.7 Å². The molecule has 0 heterocycles. The van der Waals surface area contributed by atoms with Crippen LogP contribution in [-0.4, -0.2) is 10.8 Å². The molecule has 1 radical (unpaired) electrons. The lowest BCUT2D eigenvalue weighted by Gasteiger charge is -2.10. The summed E-state index contributed by atoms with van der Waals surface area (Å²) in [4.78, 5) is 0.